The first kappa shape index (κ1) is 13.0. The van der Waals surface area contributed by atoms with E-state index in [1.54, 1.807) is 0 Å². The van der Waals surface area contributed by atoms with Crippen LogP contribution in [0, 0.1) is 5.82 Å². The van der Waals surface area contributed by atoms with Crippen molar-refractivity contribution in [3.63, 3.8) is 0 Å². The van der Waals surface area contributed by atoms with E-state index in [0.717, 1.165) is 11.0 Å². The summed E-state index contributed by atoms with van der Waals surface area (Å²) >= 11 is 0. The van der Waals surface area contributed by atoms with Crippen molar-refractivity contribution in [3.05, 3.63) is 35.6 Å². The number of carbonyl (C=O) groups is 3. The lowest BCUT2D eigenvalue weighted by Crippen LogP contribution is -2.37. The Morgan fingerprint density at radius 2 is 2.21 bits per heavy atom. The highest BCUT2D eigenvalue weighted by Gasteiger charge is 2.26. The lowest BCUT2D eigenvalue weighted by molar-refractivity contribution is -0.130. The van der Waals surface area contributed by atoms with Crippen LogP contribution < -0.4 is 5.32 Å². The topological polar surface area (TPSA) is 75.7 Å². The average Bonchev–Trinajstić information content (AvgIpc) is 2.82. The molecule has 3 amide bonds. The summed E-state index contributed by atoms with van der Waals surface area (Å²) in [4.78, 5) is 35.2. The van der Waals surface area contributed by atoms with Gasteiger partial charge in [0.1, 0.15) is 5.82 Å². The lowest BCUT2D eigenvalue weighted by atomic mass is 10.2. The van der Waals surface area contributed by atoms with Crippen LogP contribution in [0.2, 0.25) is 0 Å². The molecule has 0 atom stereocenters. The molecule has 1 N–H and O–H groups in total. The Hall–Kier alpha value is -2.44. The molecule has 0 aromatic heterocycles. The van der Waals surface area contributed by atoms with E-state index < -0.39 is 30.3 Å². The van der Waals surface area contributed by atoms with Crippen molar-refractivity contribution >= 4 is 17.9 Å². The molecule has 2 rings (SSSR count). The van der Waals surface area contributed by atoms with E-state index in [1.165, 1.54) is 18.2 Å². The van der Waals surface area contributed by atoms with E-state index in [4.69, 9.17) is 4.74 Å². The van der Waals surface area contributed by atoms with Crippen LogP contribution in [0.4, 0.5) is 9.18 Å². The Balaban J connectivity index is 1.90. The average molecular weight is 266 g/mol. The quantitative estimate of drug-likeness (QED) is 0.810. The van der Waals surface area contributed by atoms with E-state index in [1.807, 2.05) is 0 Å². The molecule has 1 aliphatic rings. The fourth-order valence-corrected chi connectivity index (χ4v) is 1.61. The molecule has 0 unspecified atom stereocenters. The van der Waals surface area contributed by atoms with E-state index in [0.29, 0.717) is 6.54 Å². The highest BCUT2D eigenvalue weighted by atomic mass is 19.1. The number of nitrogens with one attached hydrogen (secondary N) is 1. The first-order valence-corrected chi connectivity index (χ1v) is 5.59. The lowest BCUT2D eigenvalue weighted by Gasteiger charge is -2.12. The minimum Gasteiger partial charge on any atom is -0.452 e. The van der Waals surface area contributed by atoms with Crippen molar-refractivity contribution in [2.24, 2.45) is 0 Å². The van der Waals surface area contributed by atoms with Crippen LogP contribution in [0.25, 0.3) is 0 Å². The molecular formula is C12H11FN2O4. The van der Waals surface area contributed by atoms with Gasteiger partial charge in [0.25, 0.3) is 5.91 Å². The summed E-state index contributed by atoms with van der Waals surface area (Å²) in [5.74, 6) is -1.99. The van der Waals surface area contributed by atoms with Gasteiger partial charge in [0.05, 0.1) is 5.56 Å². The number of rotatable bonds is 3. The van der Waals surface area contributed by atoms with Gasteiger partial charge in [-0.15, -0.1) is 0 Å². The normalized spacial score (nSPS) is 14.2. The third kappa shape index (κ3) is 3.06. The number of urea groups is 1. The van der Waals surface area contributed by atoms with Crippen LogP contribution >= 0.6 is 0 Å². The molecule has 0 saturated carbocycles. The van der Waals surface area contributed by atoms with Crippen LogP contribution in [0.5, 0.6) is 0 Å². The van der Waals surface area contributed by atoms with Gasteiger partial charge in [-0.05, 0) is 18.2 Å². The summed E-state index contributed by atoms with van der Waals surface area (Å²) in [6, 6.07) is 4.43. The summed E-state index contributed by atoms with van der Waals surface area (Å²) < 4.78 is 17.6. The first-order valence-electron chi connectivity index (χ1n) is 5.59. The van der Waals surface area contributed by atoms with E-state index in [-0.39, 0.29) is 12.1 Å². The fraction of sp³-hybridized carbons (Fsp3) is 0.250. The molecule has 19 heavy (non-hydrogen) atoms. The van der Waals surface area contributed by atoms with Gasteiger partial charge >= 0.3 is 12.0 Å². The van der Waals surface area contributed by atoms with E-state index >= 15 is 0 Å². The van der Waals surface area contributed by atoms with Gasteiger partial charge in [-0.25, -0.2) is 14.0 Å². The molecule has 1 aliphatic heterocycles. The number of hydrogen-bond donors (Lipinski definition) is 1. The molecule has 1 aromatic carbocycles. The monoisotopic (exact) mass is 266 g/mol. The van der Waals surface area contributed by atoms with Crippen molar-refractivity contribution < 1.29 is 23.5 Å². The molecule has 1 heterocycles. The van der Waals surface area contributed by atoms with Crippen molar-refractivity contribution in [1.82, 2.24) is 10.2 Å². The van der Waals surface area contributed by atoms with Crippen LogP contribution in [-0.4, -0.2) is 42.5 Å². The van der Waals surface area contributed by atoms with Gasteiger partial charge in [-0.3, -0.25) is 9.69 Å². The number of hydrogen-bond acceptors (Lipinski definition) is 4. The Morgan fingerprint density at radius 1 is 1.42 bits per heavy atom. The maximum absolute atomic E-state index is 12.9. The minimum absolute atomic E-state index is 0.0127. The van der Waals surface area contributed by atoms with Crippen LogP contribution in [-0.2, 0) is 9.53 Å². The molecule has 0 radical (unpaired) electrons. The highest BCUT2D eigenvalue weighted by Crippen LogP contribution is 2.06. The number of ether oxygens (including phenoxy) is 1. The standard InChI is InChI=1S/C12H11FN2O4/c13-9-3-1-2-8(6-9)11(17)19-7-10(16)15-5-4-14-12(15)18/h1-3,6H,4-5,7H2,(H,14,18). The molecule has 0 spiro atoms. The van der Waals surface area contributed by atoms with Gasteiger partial charge in [-0.2, -0.15) is 0 Å². The first-order chi connectivity index (χ1) is 9.08. The SMILES string of the molecule is O=C(OCC(=O)N1CCNC1=O)c1cccc(F)c1. The van der Waals surface area contributed by atoms with Gasteiger partial charge in [0.15, 0.2) is 6.61 Å². The zero-order valence-corrected chi connectivity index (χ0v) is 9.89. The third-order valence-electron chi connectivity index (χ3n) is 2.54. The number of carbonyl (C=O) groups excluding carboxylic acids is 3. The Labute approximate surface area is 108 Å². The molecule has 0 bridgehead atoms. The molecule has 1 fully saturated rings. The van der Waals surface area contributed by atoms with Crippen molar-refractivity contribution in [1.29, 1.82) is 0 Å². The van der Waals surface area contributed by atoms with Crippen LogP contribution in [0.1, 0.15) is 10.4 Å². The van der Waals surface area contributed by atoms with E-state index in [2.05, 4.69) is 5.32 Å². The smallest absolute Gasteiger partial charge is 0.338 e. The van der Waals surface area contributed by atoms with Crippen molar-refractivity contribution in [3.8, 4) is 0 Å². The fourth-order valence-electron chi connectivity index (χ4n) is 1.61. The number of halogens is 1. The van der Waals surface area contributed by atoms with Crippen LogP contribution in [0.3, 0.4) is 0 Å². The van der Waals surface area contributed by atoms with E-state index in [9.17, 15) is 18.8 Å². The summed E-state index contributed by atoms with van der Waals surface area (Å²) in [5.41, 5.74) is 0.0127. The highest BCUT2D eigenvalue weighted by molar-refractivity contribution is 5.98. The minimum atomic E-state index is -0.813. The second-order valence-corrected chi connectivity index (χ2v) is 3.86. The van der Waals surface area contributed by atoms with Crippen molar-refractivity contribution in [2.75, 3.05) is 19.7 Å². The molecule has 100 valence electrons. The van der Waals surface area contributed by atoms with Crippen LogP contribution in [0.15, 0.2) is 24.3 Å². The summed E-state index contributed by atoms with van der Waals surface area (Å²) in [5, 5.41) is 2.45. The maximum atomic E-state index is 12.9. The second kappa shape index (κ2) is 5.47. The zero-order valence-electron chi connectivity index (χ0n) is 9.89. The second-order valence-electron chi connectivity index (χ2n) is 3.86. The third-order valence-corrected chi connectivity index (χ3v) is 2.54. The zero-order chi connectivity index (χ0) is 13.8. The predicted octanol–water partition coefficient (Wildman–Crippen LogP) is 0.534. The number of benzene rings is 1. The Kier molecular flexibility index (Phi) is 3.74. The number of esters is 1. The Morgan fingerprint density at radius 3 is 2.84 bits per heavy atom. The number of amides is 3. The molecule has 7 heteroatoms. The molecule has 1 aromatic rings. The Bertz CT molecular complexity index is 532. The molecular weight excluding hydrogens is 255 g/mol. The van der Waals surface area contributed by atoms with Crippen molar-refractivity contribution in [2.45, 2.75) is 0 Å². The summed E-state index contributed by atoms with van der Waals surface area (Å²) in [6.45, 7) is 0.0698. The maximum Gasteiger partial charge on any atom is 0.338 e. The van der Waals surface area contributed by atoms with Gasteiger partial charge in [0, 0.05) is 13.1 Å². The molecule has 1 saturated heterocycles. The number of nitrogens with zero attached hydrogens (tertiary/aromatic N) is 1. The predicted molar refractivity (Wildman–Crippen MR) is 61.8 cm³/mol. The largest absolute Gasteiger partial charge is 0.452 e. The van der Waals surface area contributed by atoms with Gasteiger partial charge in [-0.1, -0.05) is 6.07 Å². The summed E-state index contributed by atoms with van der Waals surface area (Å²) in [6.07, 6.45) is 0. The van der Waals surface area contributed by atoms with Gasteiger partial charge < -0.3 is 10.1 Å². The van der Waals surface area contributed by atoms with Gasteiger partial charge in [0.2, 0.25) is 0 Å². The number of imide groups is 1. The summed E-state index contributed by atoms with van der Waals surface area (Å²) in [7, 11) is 0. The molecule has 6 nitrogen and oxygen atoms in total. The molecule has 0 aliphatic carbocycles.